The van der Waals surface area contributed by atoms with Gasteiger partial charge in [-0.2, -0.15) is 0 Å². The molecule has 0 radical (unpaired) electrons. The number of likely N-dealkylation sites (tertiary alicyclic amines) is 1. The van der Waals surface area contributed by atoms with E-state index in [-0.39, 0.29) is 5.41 Å². The van der Waals surface area contributed by atoms with Crippen LogP contribution in [0.1, 0.15) is 46.0 Å². The Labute approximate surface area is 123 Å². The van der Waals surface area contributed by atoms with Gasteiger partial charge in [-0.15, -0.1) is 0 Å². The first-order chi connectivity index (χ1) is 8.90. The van der Waals surface area contributed by atoms with Crippen LogP contribution in [0, 0.1) is 5.41 Å². The minimum absolute atomic E-state index is 0.0109. The maximum atomic E-state index is 5.79. The molecule has 0 spiro atoms. The summed E-state index contributed by atoms with van der Waals surface area (Å²) in [6, 6.07) is 1.62. The molecule has 2 N–H and O–H groups in total. The van der Waals surface area contributed by atoms with Crippen LogP contribution in [-0.4, -0.2) is 53.6 Å². The third-order valence-corrected chi connectivity index (χ3v) is 5.73. The van der Waals surface area contributed by atoms with E-state index in [0.717, 1.165) is 18.5 Å². The quantitative estimate of drug-likeness (QED) is 0.785. The van der Waals surface area contributed by atoms with Crippen molar-refractivity contribution in [2.24, 2.45) is 11.1 Å². The van der Waals surface area contributed by atoms with Gasteiger partial charge in [0.15, 0.2) is 0 Å². The molecule has 0 aliphatic carbocycles. The van der Waals surface area contributed by atoms with Crippen molar-refractivity contribution in [1.29, 1.82) is 0 Å². The summed E-state index contributed by atoms with van der Waals surface area (Å²) in [7, 11) is 2.31. The minimum atomic E-state index is 0.0109. The summed E-state index contributed by atoms with van der Waals surface area (Å²) in [6.45, 7) is 8.03. The van der Waals surface area contributed by atoms with Crippen LogP contribution < -0.4 is 5.73 Å². The van der Waals surface area contributed by atoms with E-state index in [1.54, 1.807) is 0 Å². The van der Waals surface area contributed by atoms with Gasteiger partial charge in [0.05, 0.1) is 4.99 Å². The Morgan fingerprint density at radius 2 is 1.95 bits per heavy atom. The fourth-order valence-electron chi connectivity index (χ4n) is 3.45. The Morgan fingerprint density at radius 3 is 2.63 bits per heavy atom. The molecule has 4 heteroatoms. The Kier molecular flexibility index (Phi) is 4.85. The standard InChI is InChI=1S/C15H29N3S/c1-15(2,14(16)19)8-4-9-18-10-7-12-5-6-13(11-18)17(12)3/h12-13H,4-11H2,1-3H3,(H2,16,19). The number of nitrogens with two attached hydrogens (primary N) is 1. The molecule has 2 saturated heterocycles. The van der Waals surface area contributed by atoms with Crippen LogP contribution in [0.5, 0.6) is 0 Å². The molecule has 3 nitrogen and oxygen atoms in total. The van der Waals surface area contributed by atoms with Gasteiger partial charge in [0.2, 0.25) is 0 Å². The third-order valence-electron chi connectivity index (χ3n) is 5.18. The van der Waals surface area contributed by atoms with Crippen molar-refractivity contribution in [3.8, 4) is 0 Å². The van der Waals surface area contributed by atoms with E-state index in [4.69, 9.17) is 18.0 Å². The number of rotatable bonds is 5. The first-order valence-corrected chi connectivity index (χ1v) is 8.05. The predicted molar refractivity (Wildman–Crippen MR) is 85.4 cm³/mol. The van der Waals surface area contributed by atoms with Gasteiger partial charge in [0, 0.05) is 24.0 Å². The van der Waals surface area contributed by atoms with E-state index in [1.807, 2.05) is 0 Å². The molecule has 2 rings (SSSR count). The molecule has 0 aromatic carbocycles. The molecule has 2 aliphatic heterocycles. The van der Waals surface area contributed by atoms with E-state index in [0.29, 0.717) is 4.99 Å². The lowest BCUT2D eigenvalue weighted by molar-refractivity contribution is 0.213. The second kappa shape index (κ2) is 6.06. The Hall–Kier alpha value is -0.190. The van der Waals surface area contributed by atoms with Crippen LogP contribution >= 0.6 is 12.2 Å². The monoisotopic (exact) mass is 283 g/mol. The summed E-state index contributed by atoms with van der Waals surface area (Å²) in [6.07, 6.45) is 6.43. The molecule has 2 unspecified atom stereocenters. The van der Waals surface area contributed by atoms with Crippen LogP contribution in [0.2, 0.25) is 0 Å². The van der Waals surface area contributed by atoms with Gasteiger partial charge in [0.1, 0.15) is 0 Å². The summed E-state index contributed by atoms with van der Waals surface area (Å²) in [5.41, 5.74) is 5.80. The maximum Gasteiger partial charge on any atom is 0.0784 e. The highest BCUT2D eigenvalue weighted by Crippen LogP contribution is 2.29. The van der Waals surface area contributed by atoms with Gasteiger partial charge in [-0.1, -0.05) is 26.1 Å². The molecule has 2 bridgehead atoms. The second-order valence-electron chi connectivity index (χ2n) is 6.99. The first kappa shape index (κ1) is 15.2. The maximum absolute atomic E-state index is 5.79. The highest BCUT2D eigenvalue weighted by molar-refractivity contribution is 7.80. The lowest BCUT2D eigenvalue weighted by Crippen LogP contribution is -2.37. The molecular formula is C15H29N3S. The van der Waals surface area contributed by atoms with Crippen molar-refractivity contribution >= 4 is 17.2 Å². The fourth-order valence-corrected chi connectivity index (χ4v) is 3.55. The molecule has 0 aromatic rings. The molecule has 0 aromatic heterocycles. The number of hydrogen-bond acceptors (Lipinski definition) is 3. The Morgan fingerprint density at radius 1 is 1.26 bits per heavy atom. The summed E-state index contributed by atoms with van der Waals surface area (Å²) in [5, 5.41) is 0. The summed E-state index contributed by atoms with van der Waals surface area (Å²) < 4.78 is 0. The highest BCUT2D eigenvalue weighted by atomic mass is 32.1. The predicted octanol–water partition coefficient (Wildman–Crippen LogP) is 2.25. The third kappa shape index (κ3) is 3.67. The van der Waals surface area contributed by atoms with Crippen molar-refractivity contribution in [2.75, 3.05) is 26.7 Å². The van der Waals surface area contributed by atoms with Gasteiger partial charge >= 0.3 is 0 Å². The SMILES string of the molecule is CN1C2CCC1CN(CCCC(C)(C)C(N)=S)CC2. The average molecular weight is 283 g/mol. The molecule has 19 heavy (non-hydrogen) atoms. The second-order valence-corrected chi connectivity index (χ2v) is 7.43. The van der Waals surface area contributed by atoms with Gasteiger partial charge in [-0.05, 0) is 52.2 Å². The van der Waals surface area contributed by atoms with E-state index in [1.165, 1.54) is 45.3 Å². The van der Waals surface area contributed by atoms with Gasteiger partial charge in [-0.3, -0.25) is 4.90 Å². The van der Waals surface area contributed by atoms with E-state index >= 15 is 0 Å². The zero-order chi connectivity index (χ0) is 14.0. The van der Waals surface area contributed by atoms with Gasteiger partial charge in [0.25, 0.3) is 0 Å². The van der Waals surface area contributed by atoms with Crippen molar-refractivity contribution < 1.29 is 0 Å². The summed E-state index contributed by atoms with van der Waals surface area (Å²) in [5.74, 6) is 0. The average Bonchev–Trinajstić information content (AvgIpc) is 2.56. The Balaban J connectivity index is 1.77. The lowest BCUT2D eigenvalue weighted by Gasteiger charge is -2.28. The van der Waals surface area contributed by atoms with E-state index < -0.39 is 0 Å². The molecule has 110 valence electrons. The van der Waals surface area contributed by atoms with Crippen molar-refractivity contribution in [2.45, 2.75) is 58.0 Å². The molecule has 0 saturated carbocycles. The molecule has 2 fully saturated rings. The number of nitrogens with zero attached hydrogens (tertiary/aromatic N) is 2. The summed E-state index contributed by atoms with van der Waals surface area (Å²) >= 11 is 5.14. The van der Waals surface area contributed by atoms with Crippen LogP contribution in [0.3, 0.4) is 0 Å². The van der Waals surface area contributed by atoms with Crippen molar-refractivity contribution in [1.82, 2.24) is 9.80 Å². The lowest BCUT2D eigenvalue weighted by atomic mass is 9.88. The minimum Gasteiger partial charge on any atom is -0.393 e. The molecule has 2 atom stereocenters. The van der Waals surface area contributed by atoms with Crippen molar-refractivity contribution in [3.05, 3.63) is 0 Å². The molecular weight excluding hydrogens is 254 g/mol. The fraction of sp³-hybridized carbons (Fsp3) is 0.933. The number of fused-ring (bicyclic) bond motifs is 2. The van der Waals surface area contributed by atoms with Crippen LogP contribution in [0.4, 0.5) is 0 Å². The molecule has 0 amide bonds. The highest BCUT2D eigenvalue weighted by Gasteiger charge is 2.34. The van der Waals surface area contributed by atoms with Crippen molar-refractivity contribution in [3.63, 3.8) is 0 Å². The zero-order valence-corrected chi connectivity index (χ0v) is 13.5. The zero-order valence-electron chi connectivity index (χ0n) is 12.7. The smallest absolute Gasteiger partial charge is 0.0784 e. The number of hydrogen-bond donors (Lipinski definition) is 1. The number of likely N-dealkylation sites (N-methyl/N-ethyl adjacent to an activating group) is 1. The largest absolute Gasteiger partial charge is 0.393 e. The van der Waals surface area contributed by atoms with Gasteiger partial charge < -0.3 is 10.6 Å². The van der Waals surface area contributed by atoms with Crippen LogP contribution in [0.15, 0.2) is 0 Å². The van der Waals surface area contributed by atoms with Gasteiger partial charge in [-0.25, -0.2) is 0 Å². The van der Waals surface area contributed by atoms with Crippen LogP contribution in [-0.2, 0) is 0 Å². The molecule has 2 aliphatic rings. The van der Waals surface area contributed by atoms with E-state index in [9.17, 15) is 0 Å². The molecule has 2 heterocycles. The van der Waals surface area contributed by atoms with Crippen LogP contribution in [0.25, 0.3) is 0 Å². The Bertz CT molecular complexity index is 329. The summed E-state index contributed by atoms with van der Waals surface area (Å²) in [4.78, 5) is 5.91. The topological polar surface area (TPSA) is 32.5 Å². The van der Waals surface area contributed by atoms with E-state index in [2.05, 4.69) is 30.7 Å². The number of thiocarbonyl (C=S) groups is 1. The first-order valence-electron chi connectivity index (χ1n) is 7.64. The normalized spacial score (nSPS) is 29.4.